The summed E-state index contributed by atoms with van der Waals surface area (Å²) in [5.74, 6) is 0.0680. The van der Waals surface area contributed by atoms with Crippen LogP contribution in [0.5, 0.6) is 0 Å². The normalized spacial score (nSPS) is 20.2. The van der Waals surface area contributed by atoms with Gasteiger partial charge in [0.2, 0.25) is 0 Å². The van der Waals surface area contributed by atoms with E-state index in [1.807, 2.05) is 0 Å². The van der Waals surface area contributed by atoms with Gasteiger partial charge in [-0.25, -0.2) is 0 Å². The summed E-state index contributed by atoms with van der Waals surface area (Å²) in [6.45, 7) is 9.36. The molecule has 2 heterocycles. The van der Waals surface area contributed by atoms with Crippen LogP contribution in [-0.2, 0) is 4.74 Å². The fraction of sp³-hybridized carbons (Fsp3) is 0.737. The third-order valence-electron chi connectivity index (χ3n) is 5.49. The van der Waals surface area contributed by atoms with E-state index in [0.717, 1.165) is 44.1 Å². The lowest BCUT2D eigenvalue weighted by Gasteiger charge is -2.27. The molecule has 5 heteroatoms. The molecule has 2 fully saturated rings. The highest BCUT2D eigenvalue weighted by atomic mass is 16.5. The summed E-state index contributed by atoms with van der Waals surface area (Å²) in [4.78, 5) is 14.9. The van der Waals surface area contributed by atoms with Gasteiger partial charge in [0, 0.05) is 43.6 Å². The van der Waals surface area contributed by atoms with E-state index >= 15 is 0 Å². The van der Waals surface area contributed by atoms with Crippen LogP contribution in [-0.4, -0.2) is 54.8 Å². The lowest BCUT2D eigenvalue weighted by atomic mass is 9.95. The Bertz CT molecular complexity index is 555. The summed E-state index contributed by atoms with van der Waals surface area (Å²) in [5.41, 5.74) is 3.20. The average molecular weight is 333 g/mol. The Hall–Kier alpha value is -1.33. The van der Waals surface area contributed by atoms with Crippen LogP contribution in [0.2, 0.25) is 0 Å². The van der Waals surface area contributed by atoms with Gasteiger partial charge < -0.3 is 14.6 Å². The molecule has 0 radical (unpaired) electrons. The minimum absolute atomic E-state index is 0.0680. The van der Waals surface area contributed by atoms with E-state index in [-0.39, 0.29) is 5.91 Å². The molecule has 1 saturated carbocycles. The van der Waals surface area contributed by atoms with E-state index in [1.165, 1.54) is 37.8 Å². The minimum Gasteiger partial charge on any atom is -0.379 e. The summed E-state index contributed by atoms with van der Waals surface area (Å²) < 4.78 is 7.75. The molecule has 1 amide bonds. The predicted octanol–water partition coefficient (Wildman–Crippen LogP) is 2.67. The van der Waals surface area contributed by atoms with E-state index in [1.54, 1.807) is 0 Å². The van der Waals surface area contributed by atoms with Gasteiger partial charge in [-0.15, -0.1) is 0 Å². The van der Waals surface area contributed by atoms with Crippen LogP contribution in [0.4, 0.5) is 0 Å². The number of nitrogens with zero attached hydrogens (tertiary/aromatic N) is 2. The zero-order valence-corrected chi connectivity index (χ0v) is 15.1. The van der Waals surface area contributed by atoms with Crippen molar-refractivity contribution in [3.8, 4) is 0 Å². The molecule has 1 saturated heterocycles. The zero-order chi connectivity index (χ0) is 16.9. The monoisotopic (exact) mass is 333 g/mol. The quantitative estimate of drug-likeness (QED) is 0.901. The third kappa shape index (κ3) is 4.01. The maximum absolute atomic E-state index is 12.6. The number of hydrogen-bond donors (Lipinski definition) is 1. The number of ether oxygens (including phenoxy) is 1. The molecule has 5 nitrogen and oxygen atoms in total. The average Bonchev–Trinajstić information content (AvgIpc) is 2.91. The van der Waals surface area contributed by atoms with Gasteiger partial charge >= 0.3 is 0 Å². The highest BCUT2D eigenvalue weighted by Gasteiger charge is 2.22. The van der Waals surface area contributed by atoms with Crippen molar-refractivity contribution < 1.29 is 9.53 Å². The van der Waals surface area contributed by atoms with Gasteiger partial charge in [0.15, 0.2) is 0 Å². The van der Waals surface area contributed by atoms with Crippen LogP contribution in [0, 0.1) is 13.8 Å². The smallest absolute Gasteiger partial charge is 0.253 e. The molecule has 1 N–H and O–H groups in total. The van der Waals surface area contributed by atoms with Crippen LogP contribution in [0.3, 0.4) is 0 Å². The van der Waals surface area contributed by atoms with Crippen molar-refractivity contribution in [3.05, 3.63) is 23.0 Å². The second-order valence-corrected chi connectivity index (χ2v) is 7.16. The molecular formula is C19H31N3O2. The van der Waals surface area contributed by atoms with Crippen LogP contribution in [0.1, 0.15) is 59.9 Å². The van der Waals surface area contributed by atoms with Gasteiger partial charge in [0.05, 0.1) is 18.8 Å². The van der Waals surface area contributed by atoms with Crippen molar-refractivity contribution in [2.45, 2.75) is 52.0 Å². The number of hydrogen-bond acceptors (Lipinski definition) is 3. The highest BCUT2D eigenvalue weighted by Crippen LogP contribution is 2.32. The largest absolute Gasteiger partial charge is 0.379 e. The first-order valence-corrected chi connectivity index (χ1v) is 9.43. The SMILES string of the molecule is Cc1cc(C(=O)NCCN2CCOCC2)c(C)n1C1CCCCC1. The number of aromatic nitrogens is 1. The van der Waals surface area contributed by atoms with Gasteiger partial charge in [-0.1, -0.05) is 19.3 Å². The van der Waals surface area contributed by atoms with Crippen LogP contribution < -0.4 is 5.32 Å². The third-order valence-corrected chi connectivity index (χ3v) is 5.49. The molecule has 0 aromatic carbocycles. The van der Waals surface area contributed by atoms with Crippen molar-refractivity contribution in [1.82, 2.24) is 14.8 Å². The Labute approximate surface area is 145 Å². The molecule has 1 aromatic rings. The lowest BCUT2D eigenvalue weighted by molar-refractivity contribution is 0.0383. The number of aryl methyl sites for hydroxylation is 1. The molecule has 2 aliphatic rings. The molecule has 1 aliphatic carbocycles. The highest BCUT2D eigenvalue weighted by molar-refractivity contribution is 5.95. The van der Waals surface area contributed by atoms with Gasteiger partial charge in [0.25, 0.3) is 5.91 Å². The first-order valence-electron chi connectivity index (χ1n) is 9.43. The predicted molar refractivity (Wildman–Crippen MR) is 95.6 cm³/mol. The van der Waals surface area contributed by atoms with Crippen molar-refractivity contribution in [1.29, 1.82) is 0 Å². The standard InChI is InChI=1S/C19H31N3O2/c1-15-14-18(16(2)22(15)17-6-4-3-5-7-17)19(23)20-8-9-21-10-12-24-13-11-21/h14,17H,3-13H2,1-2H3,(H,20,23). The van der Waals surface area contributed by atoms with E-state index in [0.29, 0.717) is 12.6 Å². The van der Waals surface area contributed by atoms with Crippen molar-refractivity contribution in [2.75, 3.05) is 39.4 Å². The maximum atomic E-state index is 12.6. The Morgan fingerprint density at radius 2 is 1.92 bits per heavy atom. The second kappa shape index (κ2) is 8.17. The summed E-state index contributed by atoms with van der Waals surface area (Å²) in [5, 5.41) is 3.10. The fourth-order valence-corrected chi connectivity index (χ4v) is 4.16. The molecule has 0 unspecified atom stereocenters. The van der Waals surface area contributed by atoms with Gasteiger partial charge in [-0.3, -0.25) is 9.69 Å². The first-order chi connectivity index (χ1) is 11.7. The topological polar surface area (TPSA) is 46.5 Å². The number of rotatable bonds is 5. The molecule has 1 aliphatic heterocycles. The molecular weight excluding hydrogens is 302 g/mol. The first kappa shape index (κ1) is 17.5. The van der Waals surface area contributed by atoms with Crippen molar-refractivity contribution >= 4 is 5.91 Å². The number of morpholine rings is 1. The number of carbonyl (C=O) groups excluding carboxylic acids is 1. The molecule has 1 aromatic heterocycles. The fourth-order valence-electron chi connectivity index (χ4n) is 4.16. The summed E-state index contributed by atoms with van der Waals surface area (Å²) >= 11 is 0. The lowest BCUT2D eigenvalue weighted by Crippen LogP contribution is -2.41. The van der Waals surface area contributed by atoms with E-state index < -0.39 is 0 Å². The van der Waals surface area contributed by atoms with E-state index in [4.69, 9.17) is 4.74 Å². The van der Waals surface area contributed by atoms with Crippen LogP contribution in [0.25, 0.3) is 0 Å². The second-order valence-electron chi connectivity index (χ2n) is 7.16. The molecule has 3 rings (SSSR count). The molecule has 24 heavy (non-hydrogen) atoms. The van der Waals surface area contributed by atoms with Crippen LogP contribution >= 0.6 is 0 Å². The summed E-state index contributed by atoms with van der Waals surface area (Å²) in [6.07, 6.45) is 6.46. The van der Waals surface area contributed by atoms with Gasteiger partial charge in [-0.05, 0) is 32.8 Å². The Kier molecular flexibility index (Phi) is 5.95. The Balaban J connectivity index is 1.58. The molecule has 0 atom stereocenters. The number of carbonyl (C=O) groups is 1. The summed E-state index contributed by atoms with van der Waals surface area (Å²) in [6, 6.07) is 2.64. The molecule has 0 bridgehead atoms. The molecule has 134 valence electrons. The van der Waals surface area contributed by atoms with Crippen LogP contribution in [0.15, 0.2) is 6.07 Å². The van der Waals surface area contributed by atoms with Gasteiger partial charge in [0.1, 0.15) is 0 Å². The van der Waals surface area contributed by atoms with Crippen molar-refractivity contribution in [2.24, 2.45) is 0 Å². The number of amides is 1. The Morgan fingerprint density at radius 3 is 2.62 bits per heavy atom. The van der Waals surface area contributed by atoms with Crippen molar-refractivity contribution in [3.63, 3.8) is 0 Å². The van der Waals surface area contributed by atoms with E-state index in [9.17, 15) is 4.79 Å². The van der Waals surface area contributed by atoms with Gasteiger partial charge in [-0.2, -0.15) is 0 Å². The maximum Gasteiger partial charge on any atom is 0.253 e. The number of nitrogens with one attached hydrogen (secondary N) is 1. The van der Waals surface area contributed by atoms with E-state index in [2.05, 4.69) is 34.7 Å². The Morgan fingerprint density at radius 1 is 1.21 bits per heavy atom. The minimum atomic E-state index is 0.0680. The zero-order valence-electron chi connectivity index (χ0n) is 15.1. The molecule has 0 spiro atoms. The summed E-state index contributed by atoms with van der Waals surface area (Å²) in [7, 11) is 0.